The molecule has 0 amide bonds. The standard InChI is InChI=1S/C14H18S/c1-10(2)11(3)9-12(4)13-5-7-14(15)8-6-13/h5-9,15H,1-4H3/p+1/b12-9+. The predicted molar refractivity (Wildman–Crippen MR) is 72.6 cm³/mol. The maximum Gasteiger partial charge on any atom is 0.150 e. The Hall–Kier alpha value is -0.950. The minimum absolute atomic E-state index is 1.12. The molecule has 1 heteroatoms. The summed E-state index contributed by atoms with van der Waals surface area (Å²) < 4.78 is 0. The van der Waals surface area contributed by atoms with Gasteiger partial charge in [-0.3, -0.25) is 0 Å². The Morgan fingerprint density at radius 3 is 2.00 bits per heavy atom. The van der Waals surface area contributed by atoms with E-state index in [-0.39, 0.29) is 0 Å². The van der Waals surface area contributed by atoms with E-state index in [1.54, 1.807) is 0 Å². The minimum atomic E-state index is 1.12. The highest BCUT2D eigenvalue weighted by Crippen LogP contribution is 2.17. The quantitative estimate of drug-likeness (QED) is 0.524. The largest absolute Gasteiger partial charge is 0.150 e. The first-order chi connectivity index (χ1) is 7.00. The molecule has 0 heterocycles. The van der Waals surface area contributed by atoms with Gasteiger partial charge in [-0.15, -0.1) is 0 Å². The van der Waals surface area contributed by atoms with Crippen molar-refractivity contribution in [3.05, 3.63) is 47.1 Å². The van der Waals surface area contributed by atoms with Gasteiger partial charge in [0.25, 0.3) is 0 Å². The first-order valence-electron chi connectivity index (χ1n) is 5.15. The Balaban J connectivity index is 2.99. The predicted octanol–water partition coefficient (Wildman–Crippen LogP) is 3.82. The van der Waals surface area contributed by atoms with Crippen molar-refractivity contribution in [2.24, 2.45) is 0 Å². The zero-order valence-electron chi connectivity index (χ0n) is 9.89. The number of rotatable bonds is 2. The molecular weight excluding hydrogens is 200 g/mol. The summed E-state index contributed by atoms with van der Waals surface area (Å²) in [5, 5.41) is 0. The highest BCUT2D eigenvalue weighted by atomic mass is 32.1. The topological polar surface area (TPSA) is 0 Å². The third-order valence-electron chi connectivity index (χ3n) is 2.56. The van der Waals surface area contributed by atoms with Crippen molar-refractivity contribution >= 4 is 18.2 Å². The normalized spacial score (nSPS) is 11.4. The van der Waals surface area contributed by atoms with Crippen LogP contribution in [-0.4, -0.2) is 0 Å². The molecule has 0 nitrogen and oxygen atoms in total. The van der Waals surface area contributed by atoms with Crippen molar-refractivity contribution in [1.82, 2.24) is 0 Å². The van der Waals surface area contributed by atoms with Crippen LogP contribution in [0.3, 0.4) is 0 Å². The Morgan fingerprint density at radius 2 is 1.53 bits per heavy atom. The molecule has 0 aliphatic carbocycles. The van der Waals surface area contributed by atoms with Crippen molar-refractivity contribution in [1.29, 1.82) is 0 Å². The van der Waals surface area contributed by atoms with Crippen LogP contribution >= 0.6 is 0 Å². The Labute approximate surface area is 98.1 Å². The molecule has 0 aliphatic heterocycles. The first-order valence-corrected chi connectivity index (χ1v) is 5.65. The van der Waals surface area contributed by atoms with Crippen LogP contribution in [-0.2, 0) is 12.6 Å². The lowest BCUT2D eigenvalue weighted by atomic mass is 10.0. The molecule has 0 bridgehead atoms. The second-order valence-corrected chi connectivity index (χ2v) is 4.67. The van der Waals surface area contributed by atoms with Crippen molar-refractivity contribution in [3.8, 4) is 0 Å². The van der Waals surface area contributed by atoms with Gasteiger partial charge in [0, 0.05) is 0 Å². The van der Waals surface area contributed by atoms with Crippen LogP contribution in [0.4, 0.5) is 0 Å². The molecule has 0 atom stereocenters. The van der Waals surface area contributed by atoms with Crippen molar-refractivity contribution in [2.45, 2.75) is 32.6 Å². The lowest BCUT2D eigenvalue weighted by Crippen LogP contribution is -1.82. The summed E-state index contributed by atoms with van der Waals surface area (Å²) in [5.74, 6) is 0. The number of hydrogen-bond donors (Lipinski definition) is 0. The minimum Gasteiger partial charge on any atom is -0.0735 e. The highest BCUT2D eigenvalue weighted by molar-refractivity contribution is 7.58. The zero-order valence-corrected chi connectivity index (χ0v) is 10.9. The van der Waals surface area contributed by atoms with E-state index in [0.29, 0.717) is 0 Å². The summed E-state index contributed by atoms with van der Waals surface area (Å²) in [6.07, 6.45) is 2.23. The van der Waals surface area contributed by atoms with Crippen molar-refractivity contribution in [3.63, 3.8) is 0 Å². The molecule has 15 heavy (non-hydrogen) atoms. The summed E-state index contributed by atoms with van der Waals surface area (Å²) in [7, 11) is 0. The molecule has 0 N–H and O–H groups in total. The fourth-order valence-electron chi connectivity index (χ4n) is 1.29. The maximum atomic E-state index is 3.49. The molecule has 1 aromatic carbocycles. The van der Waals surface area contributed by atoms with Crippen LogP contribution in [0.25, 0.3) is 5.57 Å². The molecule has 1 rings (SSSR count). The van der Waals surface area contributed by atoms with Crippen LogP contribution < -0.4 is 0 Å². The summed E-state index contributed by atoms with van der Waals surface area (Å²) in [6.45, 7) is 8.58. The zero-order chi connectivity index (χ0) is 11.4. The lowest BCUT2D eigenvalue weighted by Gasteiger charge is -2.03. The fourth-order valence-corrected chi connectivity index (χ4v) is 1.45. The molecule has 0 spiro atoms. The second kappa shape index (κ2) is 5.22. The summed E-state index contributed by atoms with van der Waals surface area (Å²) >= 11 is 3.49. The highest BCUT2D eigenvalue weighted by Gasteiger charge is 1.97. The molecule has 1 aromatic rings. The van der Waals surface area contributed by atoms with Gasteiger partial charge < -0.3 is 0 Å². The summed E-state index contributed by atoms with van der Waals surface area (Å²) in [6, 6.07) is 8.40. The van der Waals surface area contributed by atoms with Gasteiger partial charge in [-0.25, -0.2) is 0 Å². The maximum absolute atomic E-state index is 3.49. The number of benzene rings is 1. The molecule has 0 aliphatic rings. The summed E-state index contributed by atoms with van der Waals surface area (Å²) in [4.78, 5) is 1.12. The molecule has 80 valence electrons. The van der Waals surface area contributed by atoms with E-state index in [4.69, 9.17) is 0 Å². The second-order valence-electron chi connectivity index (χ2n) is 4.09. The van der Waals surface area contributed by atoms with E-state index in [9.17, 15) is 0 Å². The van der Waals surface area contributed by atoms with E-state index < -0.39 is 0 Å². The number of allylic oxidation sites excluding steroid dienone is 4. The van der Waals surface area contributed by atoms with Gasteiger partial charge in [0.2, 0.25) is 0 Å². The molecule has 0 radical (unpaired) electrons. The van der Waals surface area contributed by atoms with E-state index in [0.717, 1.165) is 4.90 Å². The SMILES string of the molecule is CC(C)=C(C)/C=C(\C)c1ccc([SH2+])cc1. The van der Waals surface area contributed by atoms with E-state index in [1.165, 1.54) is 22.3 Å². The van der Waals surface area contributed by atoms with Crippen LogP contribution in [0, 0.1) is 0 Å². The monoisotopic (exact) mass is 219 g/mol. The summed E-state index contributed by atoms with van der Waals surface area (Å²) in [5.41, 5.74) is 5.29. The third-order valence-corrected chi connectivity index (χ3v) is 2.90. The molecule has 0 aromatic heterocycles. The fraction of sp³-hybridized carbons (Fsp3) is 0.286. The van der Waals surface area contributed by atoms with Gasteiger partial charge in [0.1, 0.15) is 4.90 Å². The molecular formula is C14H19S+. The van der Waals surface area contributed by atoms with Gasteiger partial charge in [-0.05, 0) is 75.7 Å². The van der Waals surface area contributed by atoms with E-state index >= 15 is 0 Å². The Bertz CT molecular complexity index is 390. The van der Waals surface area contributed by atoms with Gasteiger partial charge in [0.05, 0.1) is 0 Å². The number of hydrogen-bond acceptors (Lipinski definition) is 0. The van der Waals surface area contributed by atoms with Gasteiger partial charge in [-0.2, -0.15) is 0 Å². The van der Waals surface area contributed by atoms with E-state index in [2.05, 4.69) is 70.7 Å². The van der Waals surface area contributed by atoms with Crippen LogP contribution in [0.1, 0.15) is 33.3 Å². The average Bonchev–Trinajstić information content (AvgIpc) is 2.18. The van der Waals surface area contributed by atoms with Gasteiger partial charge in [0.15, 0.2) is 0 Å². The third kappa shape index (κ3) is 3.60. The molecule has 0 unspecified atom stereocenters. The Kier molecular flexibility index (Phi) is 4.22. The molecule has 0 saturated heterocycles. The first kappa shape index (κ1) is 12.1. The smallest absolute Gasteiger partial charge is 0.0735 e. The average molecular weight is 219 g/mol. The Morgan fingerprint density at radius 1 is 1.00 bits per heavy atom. The molecule has 0 fully saturated rings. The van der Waals surface area contributed by atoms with E-state index in [1.807, 2.05) is 0 Å². The van der Waals surface area contributed by atoms with Crippen LogP contribution in [0.15, 0.2) is 46.4 Å². The van der Waals surface area contributed by atoms with Gasteiger partial charge in [-0.1, -0.05) is 17.2 Å². The van der Waals surface area contributed by atoms with Crippen LogP contribution in [0.5, 0.6) is 0 Å². The van der Waals surface area contributed by atoms with Crippen molar-refractivity contribution in [2.75, 3.05) is 0 Å². The lowest BCUT2D eigenvalue weighted by molar-refractivity contribution is 1.29. The van der Waals surface area contributed by atoms with Crippen LogP contribution in [0.2, 0.25) is 0 Å². The molecule has 0 saturated carbocycles. The van der Waals surface area contributed by atoms with Gasteiger partial charge >= 0.3 is 0 Å². The van der Waals surface area contributed by atoms with Crippen molar-refractivity contribution < 1.29 is 0 Å².